The van der Waals surface area contributed by atoms with Gasteiger partial charge in [0.1, 0.15) is 23.1 Å². The second-order valence-corrected chi connectivity index (χ2v) is 9.18. The van der Waals surface area contributed by atoms with E-state index in [4.69, 9.17) is 14.2 Å². The second kappa shape index (κ2) is 11.1. The minimum atomic E-state index is -1.44. The molecule has 1 unspecified atom stereocenters. The Morgan fingerprint density at radius 2 is 1.64 bits per heavy atom. The van der Waals surface area contributed by atoms with Crippen LogP contribution >= 0.6 is 0 Å². The average molecular weight is 473 g/mol. The van der Waals surface area contributed by atoms with E-state index in [9.17, 15) is 23.6 Å². The van der Waals surface area contributed by atoms with Gasteiger partial charge in [0.15, 0.2) is 5.82 Å². The highest BCUT2D eigenvalue weighted by Crippen LogP contribution is 2.20. The number of aryl methyl sites for hydroxylation is 1. The average Bonchev–Trinajstić information content (AvgIpc) is 2.95. The number of methoxy groups -OCH3 is 1. The summed E-state index contributed by atoms with van der Waals surface area (Å²) in [5.74, 6) is -2.23. The van der Waals surface area contributed by atoms with Gasteiger partial charge in [-0.05, 0) is 61.3 Å². The number of hydrogen-bond acceptors (Lipinski definition) is 9. The number of halogens is 1. The lowest BCUT2D eigenvalue weighted by molar-refractivity contribution is -0.146. The molecular formula is C21H32FN3O8. The smallest absolute Gasteiger partial charge is 0.441 e. The van der Waals surface area contributed by atoms with Gasteiger partial charge in [-0.3, -0.25) is 9.09 Å². The first kappa shape index (κ1) is 27.9. The van der Waals surface area contributed by atoms with Crippen molar-refractivity contribution in [1.29, 1.82) is 0 Å². The molecule has 1 aromatic heterocycles. The summed E-state index contributed by atoms with van der Waals surface area (Å²) in [6.45, 7) is 10.6. The van der Waals surface area contributed by atoms with Crippen molar-refractivity contribution in [1.82, 2.24) is 14.6 Å². The summed E-state index contributed by atoms with van der Waals surface area (Å²) in [5.41, 5.74) is -1.93. The Balaban J connectivity index is 3.13. The Kier molecular flexibility index (Phi) is 9.37. The zero-order valence-corrected chi connectivity index (χ0v) is 20.3. The number of allylic oxidation sites excluding steroid dienone is 2. The van der Waals surface area contributed by atoms with E-state index in [-0.39, 0.29) is 18.7 Å². The molecule has 0 radical (unpaired) electrons. The first-order valence-corrected chi connectivity index (χ1v) is 10.3. The highest BCUT2D eigenvalue weighted by atomic mass is 19.1. The van der Waals surface area contributed by atoms with E-state index in [2.05, 4.69) is 9.68 Å². The summed E-state index contributed by atoms with van der Waals surface area (Å²) in [6.07, 6.45) is -1.36. The summed E-state index contributed by atoms with van der Waals surface area (Å²) in [6, 6.07) is -1.44. The minimum absolute atomic E-state index is 0.0766. The molecule has 12 heteroatoms. The standard InChI is InChI=1S/C21H32FN3O8/c1-13-23-33-17(27)24(13)12-14(22)10-9-11-15(16(26)30-8)25(18(28)31-20(2,3)4)19(29)32-21(5,6)7/h10,15H,9,11-12H2,1-8H3/b14-10-. The SMILES string of the molecule is COC(=O)C(CC/C=C(\F)Cn1c(C)noc1=O)N(C(=O)OC(C)(C)C)C(=O)OC(C)(C)C. The number of ether oxygens (including phenoxy) is 3. The van der Waals surface area contributed by atoms with Crippen LogP contribution in [0.15, 0.2) is 21.2 Å². The molecule has 0 fully saturated rings. The molecule has 0 aromatic carbocycles. The van der Waals surface area contributed by atoms with Crippen LogP contribution in [0.1, 0.15) is 60.2 Å². The lowest BCUT2D eigenvalue weighted by atomic mass is 10.1. The van der Waals surface area contributed by atoms with Gasteiger partial charge in [-0.15, -0.1) is 0 Å². The first-order valence-electron chi connectivity index (χ1n) is 10.3. The number of carbonyl (C=O) groups is 3. The van der Waals surface area contributed by atoms with Gasteiger partial charge in [-0.1, -0.05) is 11.2 Å². The van der Waals surface area contributed by atoms with Crippen molar-refractivity contribution in [3.8, 4) is 0 Å². The van der Waals surface area contributed by atoms with E-state index in [1.807, 2.05) is 0 Å². The molecule has 1 aromatic rings. The van der Waals surface area contributed by atoms with Gasteiger partial charge >= 0.3 is 23.9 Å². The van der Waals surface area contributed by atoms with Gasteiger partial charge in [0.05, 0.1) is 13.7 Å². The van der Waals surface area contributed by atoms with Crippen LogP contribution in [0.2, 0.25) is 0 Å². The van der Waals surface area contributed by atoms with Crippen molar-refractivity contribution in [3.05, 3.63) is 28.3 Å². The third-order valence-corrected chi connectivity index (χ3v) is 3.95. The summed E-state index contributed by atoms with van der Waals surface area (Å²) in [4.78, 5) is 50.1. The van der Waals surface area contributed by atoms with Crippen LogP contribution in [0.4, 0.5) is 14.0 Å². The lowest BCUT2D eigenvalue weighted by Gasteiger charge is -2.32. The molecule has 1 atom stereocenters. The van der Waals surface area contributed by atoms with Gasteiger partial charge in [-0.25, -0.2) is 23.6 Å². The highest BCUT2D eigenvalue weighted by molar-refractivity contribution is 5.94. The molecule has 0 bridgehead atoms. The molecule has 0 spiro atoms. The predicted molar refractivity (Wildman–Crippen MR) is 114 cm³/mol. The van der Waals surface area contributed by atoms with Crippen LogP contribution in [-0.4, -0.2) is 57.1 Å². The number of rotatable bonds is 7. The molecule has 33 heavy (non-hydrogen) atoms. The summed E-state index contributed by atoms with van der Waals surface area (Å²) < 4.78 is 35.1. The summed E-state index contributed by atoms with van der Waals surface area (Å²) in [5, 5.41) is 3.44. The zero-order chi connectivity index (χ0) is 25.6. The van der Waals surface area contributed by atoms with Gasteiger partial charge in [0.25, 0.3) is 0 Å². The van der Waals surface area contributed by atoms with Crippen molar-refractivity contribution in [2.24, 2.45) is 0 Å². The molecule has 0 N–H and O–H groups in total. The maximum Gasteiger partial charge on any atom is 0.441 e. The van der Waals surface area contributed by atoms with Gasteiger partial charge in [0.2, 0.25) is 0 Å². The van der Waals surface area contributed by atoms with Crippen LogP contribution in [0, 0.1) is 6.92 Å². The van der Waals surface area contributed by atoms with Crippen LogP contribution in [0.5, 0.6) is 0 Å². The number of esters is 1. The second-order valence-electron chi connectivity index (χ2n) is 9.18. The van der Waals surface area contributed by atoms with E-state index in [1.54, 1.807) is 41.5 Å². The van der Waals surface area contributed by atoms with Crippen molar-refractivity contribution in [3.63, 3.8) is 0 Å². The molecule has 11 nitrogen and oxygen atoms in total. The molecule has 1 heterocycles. The maximum absolute atomic E-state index is 14.3. The topological polar surface area (TPSA) is 130 Å². The van der Waals surface area contributed by atoms with Gasteiger partial charge in [-0.2, -0.15) is 4.90 Å². The number of carbonyl (C=O) groups excluding carboxylic acids is 3. The van der Waals surface area contributed by atoms with E-state index < -0.39 is 53.5 Å². The monoisotopic (exact) mass is 473 g/mol. The van der Waals surface area contributed by atoms with E-state index in [1.165, 1.54) is 6.92 Å². The van der Waals surface area contributed by atoms with Crippen LogP contribution < -0.4 is 5.76 Å². The third kappa shape index (κ3) is 9.07. The van der Waals surface area contributed by atoms with Crippen molar-refractivity contribution in [2.75, 3.05) is 7.11 Å². The Labute approximate surface area is 191 Å². The predicted octanol–water partition coefficient (Wildman–Crippen LogP) is 3.49. The van der Waals surface area contributed by atoms with Crippen LogP contribution in [0.25, 0.3) is 0 Å². The fourth-order valence-electron chi connectivity index (χ4n) is 2.57. The third-order valence-electron chi connectivity index (χ3n) is 3.95. The number of aromatic nitrogens is 2. The number of hydrogen-bond donors (Lipinski definition) is 0. The minimum Gasteiger partial charge on any atom is -0.467 e. The molecule has 2 amide bonds. The highest BCUT2D eigenvalue weighted by Gasteiger charge is 2.40. The van der Waals surface area contributed by atoms with E-state index in [0.717, 1.165) is 17.8 Å². The Morgan fingerprint density at radius 3 is 2.03 bits per heavy atom. The largest absolute Gasteiger partial charge is 0.467 e. The molecule has 0 aliphatic rings. The fourth-order valence-corrected chi connectivity index (χ4v) is 2.57. The van der Waals surface area contributed by atoms with Gasteiger partial charge in [0, 0.05) is 0 Å². The maximum atomic E-state index is 14.3. The number of amides is 2. The lowest BCUT2D eigenvalue weighted by Crippen LogP contribution is -2.52. The summed E-state index contributed by atoms with van der Waals surface area (Å²) in [7, 11) is 1.09. The summed E-state index contributed by atoms with van der Waals surface area (Å²) >= 11 is 0. The van der Waals surface area contributed by atoms with Gasteiger partial charge < -0.3 is 14.2 Å². The molecule has 0 saturated carbocycles. The molecule has 0 aliphatic heterocycles. The van der Waals surface area contributed by atoms with E-state index in [0.29, 0.717) is 4.90 Å². The fraction of sp³-hybridized carbons (Fsp3) is 0.667. The number of nitrogens with zero attached hydrogens (tertiary/aromatic N) is 3. The molecule has 1 rings (SSSR count). The molecular weight excluding hydrogens is 441 g/mol. The normalized spacial score (nSPS) is 13.3. The Morgan fingerprint density at radius 1 is 1.12 bits per heavy atom. The first-order chi connectivity index (χ1) is 15.1. The van der Waals surface area contributed by atoms with E-state index >= 15 is 0 Å². The molecule has 0 aliphatic carbocycles. The van der Waals surface area contributed by atoms with Crippen LogP contribution in [0.3, 0.4) is 0 Å². The van der Waals surface area contributed by atoms with Crippen LogP contribution in [-0.2, 0) is 25.5 Å². The quantitative estimate of drug-likeness (QED) is 0.431. The van der Waals surface area contributed by atoms with Crippen molar-refractivity contribution in [2.45, 2.75) is 85.1 Å². The van der Waals surface area contributed by atoms with Crippen molar-refractivity contribution >= 4 is 18.2 Å². The molecule has 0 saturated heterocycles. The zero-order valence-electron chi connectivity index (χ0n) is 20.3. The van der Waals surface area contributed by atoms with Crippen molar-refractivity contribution < 1.29 is 37.5 Å². The number of imide groups is 1. The Bertz CT molecular complexity index is 909. The Hall–Kier alpha value is -3.18. The molecule has 186 valence electrons.